The zero-order valence-electron chi connectivity index (χ0n) is 15.4. The Morgan fingerprint density at radius 3 is 1.93 bits per heavy atom. The summed E-state index contributed by atoms with van der Waals surface area (Å²) in [7, 11) is 0. The Bertz CT molecular complexity index is 691. The van der Waals surface area contributed by atoms with E-state index in [0.717, 1.165) is 5.56 Å². The number of rotatable bonds is 4. The predicted molar refractivity (Wildman–Crippen MR) is 93.7 cm³/mol. The third-order valence-electron chi connectivity index (χ3n) is 3.69. The number of aromatic hydroxyl groups is 1. The molecule has 1 aromatic rings. The summed E-state index contributed by atoms with van der Waals surface area (Å²) < 4.78 is 0. The quantitative estimate of drug-likeness (QED) is 0.452. The van der Waals surface area contributed by atoms with Gasteiger partial charge in [-0.05, 0) is 17.7 Å². The first-order chi connectivity index (χ1) is 12.4. The molecule has 1 aliphatic heterocycles. The normalized spacial score (nSPS) is 15.0. The van der Waals surface area contributed by atoms with E-state index in [1.54, 1.807) is 32.9 Å². The van der Waals surface area contributed by atoms with Crippen LogP contribution in [0.1, 0.15) is 39.2 Å². The summed E-state index contributed by atoms with van der Waals surface area (Å²) in [5.74, 6) is -2.27. The van der Waals surface area contributed by atoms with Crippen molar-refractivity contribution in [3.8, 4) is 5.75 Å². The Morgan fingerprint density at radius 1 is 1.11 bits per heavy atom. The van der Waals surface area contributed by atoms with Crippen molar-refractivity contribution in [2.24, 2.45) is 5.41 Å². The highest BCUT2D eigenvalue weighted by molar-refractivity contribution is 6.00. The number of imide groups is 1. The molecule has 0 aliphatic carbocycles. The molecule has 0 radical (unpaired) electrons. The summed E-state index contributed by atoms with van der Waals surface area (Å²) in [6.45, 7) is 5.17. The fourth-order valence-corrected chi connectivity index (χ4v) is 2.01. The zero-order chi connectivity index (χ0) is 20.8. The van der Waals surface area contributed by atoms with E-state index in [1.165, 1.54) is 12.1 Å². The van der Waals surface area contributed by atoms with Crippen molar-refractivity contribution in [1.82, 2.24) is 10.4 Å². The molecule has 4 N–H and O–H groups in total. The second-order valence-electron chi connectivity index (χ2n) is 7.08. The smallest absolute Gasteiger partial charge is 0.326 e. The van der Waals surface area contributed by atoms with Crippen LogP contribution in [0.25, 0.3) is 0 Å². The second-order valence-corrected chi connectivity index (χ2v) is 7.08. The number of carboxylic acids is 1. The molecule has 1 fully saturated rings. The first-order valence-electron chi connectivity index (χ1n) is 8.28. The lowest BCUT2D eigenvalue weighted by Gasteiger charge is -2.22. The maximum atomic E-state index is 11.8. The molecule has 148 valence electrons. The van der Waals surface area contributed by atoms with Gasteiger partial charge in [-0.2, -0.15) is 5.06 Å². The minimum absolute atomic E-state index is 0.120. The molecule has 9 nitrogen and oxygen atoms in total. The Balaban J connectivity index is 0.000000377. The average molecular weight is 380 g/mol. The molecule has 0 saturated carbocycles. The molecule has 2 rings (SSSR count). The third-order valence-corrected chi connectivity index (χ3v) is 3.69. The summed E-state index contributed by atoms with van der Waals surface area (Å²) in [6.07, 6.45) is 0.474. The molecule has 1 heterocycles. The number of carbonyl (C=O) groups is 4. The molecule has 1 atom stereocenters. The molecule has 0 bridgehead atoms. The van der Waals surface area contributed by atoms with Crippen molar-refractivity contribution in [3.63, 3.8) is 0 Å². The van der Waals surface area contributed by atoms with E-state index in [9.17, 15) is 19.2 Å². The minimum Gasteiger partial charge on any atom is -0.508 e. The lowest BCUT2D eigenvalue weighted by atomic mass is 9.94. The van der Waals surface area contributed by atoms with Crippen LogP contribution in [-0.2, 0) is 25.6 Å². The number of nitrogens with zero attached hydrogens (tertiary/aromatic N) is 1. The van der Waals surface area contributed by atoms with E-state index < -0.39 is 29.2 Å². The first-order valence-corrected chi connectivity index (χ1v) is 8.28. The number of hydrogen-bond acceptors (Lipinski definition) is 6. The third kappa shape index (κ3) is 7.06. The molecule has 1 unspecified atom stereocenters. The number of benzene rings is 1. The van der Waals surface area contributed by atoms with Crippen LogP contribution in [0.15, 0.2) is 24.3 Å². The van der Waals surface area contributed by atoms with E-state index in [1.807, 2.05) is 0 Å². The van der Waals surface area contributed by atoms with Gasteiger partial charge < -0.3 is 15.5 Å². The highest BCUT2D eigenvalue weighted by Gasteiger charge is 2.28. The van der Waals surface area contributed by atoms with E-state index in [4.69, 9.17) is 15.4 Å². The SMILES string of the molecule is CC(C)(C)C(=O)NC(Cc1ccc(O)cc1)C(=O)O.O=C1CCC(=O)N1O. The largest absolute Gasteiger partial charge is 0.508 e. The minimum atomic E-state index is -1.08. The van der Waals surface area contributed by atoms with Gasteiger partial charge in [0.2, 0.25) is 5.91 Å². The Hall–Kier alpha value is -2.94. The number of hydrogen-bond donors (Lipinski definition) is 4. The molecule has 1 aliphatic rings. The van der Waals surface area contributed by atoms with Crippen LogP contribution in [0.5, 0.6) is 5.75 Å². The van der Waals surface area contributed by atoms with Gasteiger partial charge in [0.25, 0.3) is 11.8 Å². The van der Waals surface area contributed by atoms with Gasteiger partial charge in [-0.15, -0.1) is 0 Å². The summed E-state index contributed by atoms with van der Waals surface area (Å²) in [5.41, 5.74) is 0.0993. The van der Waals surface area contributed by atoms with Crippen LogP contribution in [0.2, 0.25) is 0 Å². The fourth-order valence-electron chi connectivity index (χ4n) is 2.01. The van der Waals surface area contributed by atoms with Crippen molar-refractivity contribution in [3.05, 3.63) is 29.8 Å². The van der Waals surface area contributed by atoms with E-state index in [-0.39, 0.29) is 36.0 Å². The van der Waals surface area contributed by atoms with Gasteiger partial charge in [0.05, 0.1) is 0 Å². The van der Waals surface area contributed by atoms with Crippen molar-refractivity contribution >= 4 is 23.7 Å². The highest BCUT2D eigenvalue weighted by atomic mass is 16.5. The first kappa shape index (κ1) is 22.1. The Morgan fingerprint density at radius 2 is 1.59 bits per heavy atom. The number of aliphatic carboxylic acids is 1. The number of carboxylic acid groups (broad SMARTS) is 1. The number of hydroxylamine groups is 2. The maximum absolute atomic E-state index is 11.8. The van der Waals surface area contributed by atoms with Crippen LogP contribution in [-0.4, -0.2) is 50.2 Å². The van der Waals surface area contributed by atoms with Crippen molar-refractivity contribution in [2.45, 2.75) is 46.1 Å². The molecule has 1 saturated heterocycles. The molecule has 0 aromatic heterocycles. The van der Waals surface area contributed by atoms with E-state index in [2.05, 4.69) is 5.32 Å². The number of phenols is 1. The topological polar surface area (TPSA) is 144 Å². The molecule has 27 heavy (non-hydrogen) atoms. The monoisotopic (exact) mass is 380 g/mol. The molecular weight excluding hydrogens is 356 g/mol. The number of amides is 3. The van der Waals surface area contributed by atoms with Gasteiger partial charge in [0, 0.05) is 24.7 Å². The van der Waals surface area contributed by atoms with Crippen LogP contribution >= 0.6 is 0 Å². The Labute approximate surface area is 156 Å². The van der Waals surface area contributed by atoms with Crippen LogP contribution in [0, 0.1) is 5.41 Å². The summed E-state index contributed by atoms with van der Waals surface area (Å²) in [6, 6.07) is 5.26. The highest BCUT2D eigenvalue weighted by Crippen LogP contribution is 2.15. The number of phenolic OH excluding ortho intramolecular Hbond substituents is 1. The van der Waals surface area contributed by atoms with Crippen LogP contribution in [0.3, 0.4) is 0 Å². The summed E-state index contributed by atoms with van der Waals surface area (Å²) in [4.78, 5) is 43.5. The van der Waals surface area contributed by atoms with Crippen LogP contribution < -0.4 is 5.32 Å². The van der Waals surface area contributed by atoms with Gasteiger partial charge in [-0.25, -0.2) is 4.79 Å². The molecule has 9 heteroatoms. The van der Waals surface area contributed by atoms with Gasteiger partial charge in [-0.1, -0.05) is 32.9 Å². The standard InChI is InChI=1S/C14H19NO4.C4H5NO3/c1-14(2,3)13(19)15-11(12(17)18)8-9-4-6-10(16)7-5-9;6-3-1-2-4(7)5(3)8/h4-7,11,16H,8H2,1-3H3,(H,15,19)(H,17,18);8H,1-2H2. The van der Waals surface area contributed by atoms with Gasteiger partial charge in [-0.3, -0.25) is 19.6 Å². The molecule has 1 aromatic carbocycles. The van der Waals surface area contributed by atoms with Crippen LogP contribution in [0.4, 0.5) is 0 Å². The van der Waals surface area contributed by atoms with Crippen molar-refractivity contribution in [2.75, 3.05) is 0 Å². The lowest BCUT2D eigenvalue weighted by Crippen LogP contribution is -2.46. The Kier molecular flexibility index (Phi) is 7.47. The fraction of sp³-hybridized carbons (Fsp3) is 0.444. The summed E-state index contributed by atoms with van der Waals surface area (Å²) in [5, 5.41) is 29.4. The van der Waals surface area contributed by atoms with Gasteiger partial charge in [0.1, 0.15) is 11.8 Å². The molecular formula is C18H24N2O7. The lowest BCUT2D eigenvalue weighted by molar-refractivity contribution is -0.171. The summed E-state index contributed by atoms with van der Waals surface area (Å²) >= 11 is 0. The van der Waals surface area contributed by atoms with Gasteiger partial charge in [0.15, 0.2) is 0 Å². The van der Waals surface area contributed by atoms with E-state index in [0.29, 0.717) is 0 Å². The molecule has 3 amide bonds. The second kappa shape index (κ2) is 9.13. The predicted octanol–water partition coefficient (Wildman–Crippen LogP) is 1.07. The van der Waals surface area contributed by atoms with Crippen molar-refractivity contribution < 1.29 is 34.6 Å². The number of carbonyl (C=O) groups excluding carboxylic acids is 3. The van der Waals surface area contributed by atoms with Crippen molar-refractivity contribution in [1.29, 1.82) is 0 Å². The number of nitrogens with one attached hydrogen (secondary N) is 1. The zero-order valence-corrected chi connectivity index (χ0v) is 15.4. The van der Waals surface area contributed by atoms with Gasteiger partial charge >= 0.3 is 5.97 Å². The molecule has 0 spiro atoms. The van der Waals surface area contributed by atoms with E-state index >= 15 is 0 Å². The average Bonchev–Trinajstić information content (AvgIpc) is 2.87. The maximum Gasteiger partial charge on any atom is 0.326 e.